The first-order valence-electron chi connectivity index (χ1n) is 9.89. The van der Waals surface area contributed by atoms with Gasteiger partial charge in [-0.05, 0) is 37.3 Å². The molecular formula is C20H25NO5. The third kappa shape index (κ3) is 1.59. The quantitative estimate of drug-likeness (QED) is 0.547. The van der Waals surface area contributed by atoms with Crippen molar-refractivity contribution in [2.45, 2.75) is 67.8 Å². The number of rotatable bonds is 2. The average molecular weight is 359 g/mol. The van der Waals surface area contributed by atoms with Crippen LogP contribution in [0.25, 0.3) is 0 Å². The van der Waals surface area contributed by atoms with Gasteiger partial charge in [0, 0.05) is 24.3 Å². The molecule has 3 N–H and O–H groups in total. The monoisotopic (exact) mass is 359 g/mol. The van der Waals surface area contributed by atoms with E-state index >= 15 is 0 Å². The average Bonchev–Trinajstić information content (AvgIpc) is 3.32. The lowest BCUT2D eigenvalue weighted by molar-refractivity contribution is -0.924. The number of benzene rings is 1. The number of ether oxygens (including phenoxy) is 1. The van der Waals surface area contributed by atoms with Gasteiger partial charge in [-0.15, -0.1) is 0 Å². The lowest BCUT2D eigenvalue weighted by Gasteiger charge is -2.67. The predicted octanol–water partition coefficient (Wildman–Crippen LogP) is 1.33. The zero-order valence-electron chi connectivity index (χ0n) is 14.7. The van der Waals surface area contributed by atoms with Crippen LogP contribution in [-0.2, 0) is 11.8 Å². The molecule has 1 aromatic carbocycles. The SMILES string of the molecule is [O-][N+]1(CC2CC2)CCC23c4c5ccc(O)c4OC2[C@H](O)CC[C@]3(O)[C@@H]1C5. The van der Waals surface area contributed by atoms with E-state index in [2.05, 4.69) is 0 Å². The van der Waals surface area contributed by atoms with Crippen LogP contribution in [0.2, 0.25) is 0 Å². The number of nitrogens with zero attached hydrogens (tertiary/aromatic N) is 1. The fourth-order valence-corrected chi connectivity index (χ4v) is 6.73. The maximum absolute atomic E-state index is 13.9. The van der Waals surface area contributed by atoms with Crippen LogP contribution >= 0.6 is 0 Å². The number of aromatic hydroxyl groups is 1. The molecule has 1 aromatic rings. The van der Waals surface area contributed by atoms with Gasteiger partial charge in [-0.25, -0.2) is 0 Å². The highest BCUT2D eigenvalue weighted by Crippen LogP contribution is 2.66. The van der Waals surface area contributed by atoms with Gasteiger partial charge in [0.05, 0.1) is 24.6 Å². The number of piperidine rings is 1. The van der Waals surface area contributed by atoms with Gasteiger partial charge in [0.2, 0.25) is 0 Å². The second kappa shape index (κ2) is 4.55. The second-order valence-corrected chi connectivity index (χ2v) is 9.26. The molecule has 3 fully saturated rings. The Labute approximate surface area is 152 Å². The maximum atomic E-state index is 13.9. The van der Waals surface area contributed by atoms with Crippen LogP contribution in [0.15, 0.2) is 12.1 Å². The summed E-state index contributed by atoms with van der Waals surface area (Å²) >= 11 is 0. The van der Waals surface area contributed by atoms with Crippen LogP contribution in [0, 0.1) is 11.1 Å². The Hall–Kier alpha value is -1.34. The molecule has 140 valence electrons. The van der Waals surface area contributed by atoms with Crippen LogP contribution in [0.5, 0.6) is 11.5 Å². The number of phenols is 1. The standard InChI is InChI=1S/C20H25NO5/c22-13-4-3-12-9-15-20(24)6-5-14(23)18-19(20,16(12)17(13)26-18)7-8-21(15,25)10-11-1-2-11/h3-4,11,14-15,18,22-24H,1-2,5-10H2/t14-,15+,18?,19?,20+,21?/m1/s1. The zero-order chi connectivity index (χ0) is 17.9. The number of hydroxylamine groups is 3. The van der Waals surface area contributed by atoms with Gasteiger partial charge in [-0.1, -0.05) is 6.07 Å². The van der Waals surface area contributed by atoms with Crippen molar-refractivity contribution in [1.29, 1.82) is 0 Å². The first-order chi connectivity index (χ1) is 12.4. The Bertz CT molecular complexity index is 810. The van der Waals surface area contributed by atoms with Crippen molar-refractivity contribution >= 4 is 0 Å². The summed E-state index contributed by atoms with van der Waals surface area (Å²) in [6.07, 6.45) is 2.83. The lowest BCUT2D eigenvalue weighted by atomic mass is 9.48. The molecule has 3 unspecified atom stereocenters. The van der Waals surface area contributed by atoms with E-state index in [4.69, 9.17) is 4.74 Å². The molecule has 1 saturated heterocycles. The van der Waals surface area contributed by atoms with Gasteiger partial charge >= 0.3 is 0 Å². The van der Waals surface area contributed by atoms with Gasteiger partial charge < -0.3 is 29.9 Å². The Morgan fingerprint density at radius 2 is 2.04 bits per heavy atom. The summed E-state index contributed by atoms with van der Waals surface area (Å²) < 4.78 is 5.76. The van der Waals surface area contributed by atoms with E-state index in [1.54, 1.807) is 6.07 Å². The van der Waals surface area contributed by atoms with Crippen molar-refractivity contribution < 1.29 is 24.7 Å². The van der Waals surface area contributed by atoms with Crippen LogP contribution in [-0.4, -0.2) is 56.9 Å². The summed E-state index contributed by atoms with van der Waals surface area (Å²) in [5.74, 6) is 0.970. The topological polar surface area (TPSA) is 93.0 Å². The molecular weight excluding hydrogens is 334 g/mol. The Balaban J connectivity index is 1.59. The van der Waals surface area contributed by atoms with Crippen LogP contribution in [0.4, 0.5) is 0 Å². The van der Waals surface area contributed by atoms with Crippen molar-refractivity contribution in [1.82, 2.24) is 0 Å². The number of aliphatic hydroxyl groups excluding tert-OH is 1. The molecule has 26 heavy (non-hydrogen) atoms. The minimum absolute atomic E-state index is 0.0620. The summed E-state index contributed by atoms with van der Waals surface area (Å²) in [4.78, 5) is 0. The fraction of sp³-hybridized carbons (Fsp3) is 0.700. The smallest absolute Gasteiger partial charge is 0.165 e. The largest absolute Gasteiger partial charge is 0.632 e. The molecule has 2 aliphatic heterocycles. The van der Waals surface area contributed by atoms with Gasteiger partial charge in [-0.3, -0.25) is 0 Å². The van der Waals surface area contributed by atoms with Crippen LogP contribution in [0.3, 0.4) is 0 Å². The molecule has 2 bridgehead atoms. The summed E-state index contributed by atoms with van der Waals surface area (Å²) in [6.45, 7) is 1.04. The van der Waals surface area contributed by atoms with Gasteiger partial charge in [-0.2, -0.15) is 0 Å². The molecule has 6 heteroatoms. The highest BCUT2D eigenvalue weighted by atomic mass is 16.6. The third-order valence-electron chi connectivity index (χ3n) is 8.02. The number of quaternary nitrogens is 1. The van der Waals surface area contributed by atoms with Crippen molar-refractivity contribution in [3.63, 3.8) is 0 Å². The number of likely N-dealkylation sites (tertiary alicyclic amines) is 1. The first kappa shape index (κ1) is 15.7. The molecule has 0 amide bonds. The molecule has 2 heterocycles. The van der Waals surface area contributed by atoms with Crippen molar-refractivity contribution in [3.8, 4) is 11.5 Å². The van der Waals surface area contributed by atoms with Crippen LogP contribution < -0.4 is 4.74 Å². The normalized spacial score (nSPS) is 48.0. The minimum atomic E-state index is -1.18. The molecule has 3 aliphatic carbocycles. The third-order valence-corrected chi connectivity index (χ3v) is 8.02. The molecule has 6 rings (SSSR count). The Kier molecular flexibility index (Phi) is 2.75. The summed E-state index contributed by atoms with van der Waals surface area (Å²) in [5.41, 5.74) is -0.0968. The highest BCUT2D eigenvalue weighted by molar-refractivity contribution is 5.62. The molecule has 0 aromatic heterocycles. The maximum Gasteiger partial charge on any atom is 0.165 e. The van der Waals surface area contributed by atoms with E-state index in [0.717, 1.165) is 24.0 Å². The lowest BCUT2D eigenvalue weighted by Crippen LogP contribution is -2.80. The number of hydrogen-bond donors (Lipinski definition) is 3. The van der Waals surface area contributed by atoms with Gasteiger partial charge in [0.15, 0.2) is 11.5 Å². The van der Waals surface area contributed by atoms with E-state index in [9.17, 15) is 20.5 Å². The van der Waals surface area contributed by atoms with E-state index in [0.29, 0.717) is 50.4 Å². The number of phenolic OH excluding ortho intramolecular Hbond substituents is 1. The van der Waals surface area contributed by atoms with Gasteiger partial charge in [0.1, 0.15) is 17.7 Å². The number of aliphatic hydroxyl groups is 2. The molecule has 0 radical (unpaired) electrons. The second-order valence-electron chi connectivity index (χ2n) is 9.26. The van der Waals surface area contributed by atoms with E-state index in [1.807, 2.05) is 6.07 Å². The minimum Gasteiger partial charge on any atom is -0.632 e. The van der Waals surface area contributed by atoms with E-state index < -0.39 is 29.3 Å². The molecule has 5 aliphatic rings. The molecule has 1 spiro atoms. The molecule has 6 atom stereocenters. The number of hydrogen-bond acceptors (Lipinski definition) is 5. The summed E-state index contributed by atoms with van der Waals surface area (Å²) in [6, 6.07) is 3.08. The first-order valence-corrected chi connectivity index (χ1v) is 9.89. The zero-order valence-corrected chi connectivity index (χ0v) is 14.7. The van der Waals surface area contributed by atoms with Gasteiger partial charge in [0.25, 0.3) is 0 Å². The highest BCUT2D eigenvalue weighted by Gasteiger charge is 2.75. The molecule has 6 nitrogen and oxygen atoms in total. The van der Waals surface area contributed by atoms with Crippen molar-refractivity contribution in [2.75, 3.05) is 13.1 Å². The fourth-order valence-electron chi connectivity index (χ4n) is 6.73. The van der Waals surface area contributed by atoms with E-state index in [-0.39, 0.29) is 10.4 Å². The Morgan fingerprint density at radius 3 is 2.81 bits per heavy atom. The summed E-state index contributed by atoms with van der Waals surface area (Å²) in [7, 11) is 0. The molecule has 2 saturated carbocycles. The van der Waals surface area contributed by atoms with Crippen molar-refractivity contribution in [2.24, 2.45) is 5.92 Å². The van der Waals surface area contributed by atoms with E-state index in [1.165, 1.54) is 0 Å². The summed E-state index contributed by atoms with van der Waals surface area (Å²) in [5, 5.41) is 46.9. The van der Waals surface area contributed by atoms with Crippen LogP contribution in [0.1, 0.15) is 43.2 Å². The van der Waals surface area contributed by atoms with Crippen molar-refractivity contribution in [3.05, 3.63) is 28.5 Å². The Morgan fingerprint density at radius 1 is 1.23 bits per heavy atom. The predicted molar refractivity (Wildman–Crippen MR) is 92.6 cm³/mol.